The van der Waals surface area contributed by atoms with E-state index in [0.717, 1.165) is 32.1 Å². The van der Waals surface area contributed by atoms with Crippen molar-refractivity contribution in [3.05, 3.63) is 24.3 Å². The lowest BCUT2D eigenvalue weighted by Crippen LogP contribution is -2.29. The lowest BCUT2D eigenvalue weighted by atomic mass is 10.1. The molecule has 0 aliphatic heterocycles. The van der Waals surface area contributed by atoms with Gasteiger partial charge >= 0.3 is 19.8 Å². The van der Waals surface area contributed by atoms with Gasteiger partial charge in [-0.3, -0.25) is 13.8 Å². The van der Waals surface area contributed by atoms with Gasteiger partial charge in [-0.05, 0) is 19.3 Å². The minimum Gasteiger partial charge on any atom is -0.458 e. The Morgan fingerprint density at radius 2 is 1.12 bits per heavy atom. The van der Waals surface area contributed by atoms with Crippen LogP contribution in [0.5, 0.6) is 0 Å². The summed E-state index contributed by atoms with van der Waals surface area (Å²) in [6.45, 7) is 2.23. The Hall–Kier alpha value is -1.55. The fraction of sp³-hybridized carbons (Fsp3) is 0.842. The normalized spacial score (nSPS) is 14.3. The zero-order valence-corrected chi connectivity index (χ0v) is 31.8. The van der Waals surface area contributed by atoms with Crippen molar-refractivity contribution >= 4 is 19.8 Å². The molecule has 3 N–H and O–H groups in total. The summed E-state index contributed by atoms with van der Waals surface area (Å²) >= 11 is 0. The molecule has 0 aromatic rings. The Labute approximate surface area is 298 Å². The van der Waals surface area contributed by atoms with Crippen LogP contribution in [-0.4, -0.2) is 65.7 Å². The first kappa shape index (κ1) is 47.4. The van der Waals surface area contributed by atoms with Crippen molar-refractivity contribution in [2.24, 2.45) is 0 Å². The number of rotatable bonds is 36. The van der Waals surface area contributed by atoms with Crippen molar-refractivity contribution in [1.29, 1.82) is 0 Å². The van der Waals surface area contributed by atoms with Gasteiger partial charge in [0, 0.05) is 12.5 Å². The average molecular weight is 719 g/mol. The van der Waals surface area contributed by atoms with Crippen LogP contribution in [0.3, 0.4) is 0 Å². The zero-order chi connectivity index (χ0) is 36.3. The van der Waals surface area contributed by atoms with Gasteiger partial charge in [0.15, 0.2) is 6.10 Å². The highest BCUT2D eigenvalue weighted by atomic mass is 31.2. The van der Waals surface area contributed by atoms with E-state index in [1.165, 1.54) is 115 Å². The minimum absolute atomic E-state index is 0.168. The van der Waals surface area contributed by atoms with Gasteiger partial charge < -0.3 is 24.6 Å². The number of carbonyl (C=O) groups excluding carboxylic acids is 2. The first-order valence-electron chi connectivity index (χ1n) is 19.3. The number of ether oxygens (including phenoxy) is 2. The van der Waals surface area contributed by atoms with Gasteiger partial charge in [-0.2, -0.15) is 0 Å². The van der Waals surface area contributed by atoms with Gasteiger partial charge in [0.1, 0.15) is 12.7 Å². The second-order valence-corrected chi connectivity index (χ2v) is 14.5. The monoisotopic (exact) mass is 718 g/mol. The van der Waals surface area contributed by atoms with E-state index in [0.29, 0.717) is 6.42 Å². The fourth-order valence-electron chi connectivity index (χ4n) is 5.20. The molecular formula is C38H71O10P. The second-order valence-electron chi connectivity index (χ2n) is 13.0. The third-order valence-electron chi connectivity index (χ3n) is 8.21. The standard InChI is InChI=1S/C38H71O10P/c1-3-5-7-9-11-13-15-16-17-18-20-21-23-25-27-29-37(41)45-33-36(34-47-49(43,44)46-32-35(40)31-39)48-38(42)30-28-26-24-22-19-14-12-10-8-6-4-2/h23,25,27,29,35-36,39-40H,3-22,24,26,28,30-34H2,1-2H3,(H,43,44)/b25-23+,29-27+/t35-,36+/m0/s1. The van der Waals surface area contributed by atoms with Crippen LogP contribution in [0.15, 0.2) is 24.3 Å². The van der Waals surface area contributed by atoms with Crippen LogP contribution in [0.4, 0.5) is 0 Å². The number of aliphatic hydroxyl groups excluding tert-OH is 2. The molecule has 0 aliphatic rings. The van der Waals surface area contributed by atoms with Crippen LogP contribution in [-0.2, 0) is 32.7 Å². The number of unbranched alkanes of at least 4 members (excludes halogenated alkanes) is 21. The Balaban J connectivity index is 4.45. The molecule has 10 nitrogen and oxygen atoms in total. The van der Waals surface area contributed by atoms with Crippen LogP contribution in [0.1, 0.15) is 168 Å². The molecular weight excluding hydrogens is 647 g/mol. The van der Waals surface area contributed by atoms with E-state index >= 15 is 0 Å². The fourth-order valence-corrected chi connectivity index (χ4v) is 5.99. The number of hydrogen-bond donors (Lipinski definition) is 3. The van der Waals surface area contributed by atoms with Gasteiger partial charge in [-0.25, -0.2) is 9.36 Å². The van der Waals surface area contributed by atoms with E-state index < -0.39 is 51.8 Å². The van der Waals surface area contributed by atoms with E-state index in [4.69, 9.17) is 19.1 Å². The molecule has 0 heterocycles. The zero-order valence-electron chi connectivity index (χ0n) is 30.9. The van der Waals surface area contributed by atoms with Gasteiger partial charge in [-0.1, -0.05) is 160 Å². The summed E-state index contributed by atoms with van der Waals surface area (Å²) in [6.07, 6.45) is 32.1. The molecule has 288 valence electrons. The van der Waals surface area contributed by atoms with Crippen molar-refractivity contribution in [3.63, 3.8) is 0 Å². The van der Waals surface area contributed by atoms with E-state index in [9.17, 15) is 24.2 Å². The maximum atomic E-state index is 12.5. The molecule has 0 aromatic carbocycles. The highest BCUT2D eigenvalue weighted by molar-refractivity contribution is 7.47. The average Bonchev–Trinajstić information content (AvgIpc) is 3.09. The number of aliphatic hydroxyl groups is 2. The minimum atomic E-state index is -4.62. The number of phosphoric acid groups is 1. The van der Waals surface area contributed by atoms with Gasteiger partial charge in [0.05, 0.1) is 19.8 Å². The van der Waals surface area contributed by atoms with Crippen LogP contribution < -0.4 is 0 Å². The maximum Gasteiger partial charge on any atom is 0.472 e. The third kappa shape index (κ3) is 34.7. The van der Waals surface area contributed by atoms with E-state index in [1.807, 2.05) is 6.08 Å². The van der Waals surface area contributed by atoms with Crippen molar-refractivity contribution < 1.29 is 47.8 Å². The van der Waals surface area contributed by atoms with E-state index in [-0.39, 0.29) is 13.0 Å². The first-order valence-corrected chi connectivity index (χ1v) is 20.8. The Morgan fingerprint density at radius 3 is 1.63 bits per heavy atom. The summed E-state index contributed by atoms with van der Waals surface area (Å²) < 4.78 is 32.4. The van der Waals surface area contributed by atoms with E-state index in [1.54, 1.807) is 12.2 Å². The molecule has 1 unspecified atom stereocenters. The molecule has 0 amide bonds. The molecule has 0 radical (unpaired) electrons. The number of carbonyl (C=O) groups is 2. The summed E-state index contributed by atoms with van der Waals surface area (Å²) in [7, 11) is -4.62. The van der Waals surface area contributed by atoms with Crippen molar-refractivity contribution in [2.45, 2.75) is 180 Å². The van der Waals surface area contributed by atoms with Crippen LogP contribution in [0.25, 0.3) is 0 Å². The van der Waals surface area contributed by atoms with Crippen LogP contribution in [0, 0.1) is 0 Å². The Kier molecular flexibility index (Phi) is 33.8. The van der Waals surface area contributed by atoms with Crippen LogP contribution in [0.2, 0.25) is 0 Å². The number of phosphoric ester groups is 1. The summed E-state index contributed by atoms with van der Waals surface area (Å²) in [6, 6.07) is 0. The predicted octanol–water partition coefficient (Wildman–Crippen LogP) is 9.44. The molecule has 0 rings (SSSR count). The first-order chi connectivity index (χ1) is 23.7. The molecule has 0 spiro atoms. The third-order valence-corrected chi connectivity index (χ3v) is 9.16. The highest BCUT2D eigenvalue weighted by Crippen LogP contribution is 2.43. The second kappa shape index (κ2) is 34.9. The lowest BCUT2D eigenvalue weighted by molar-refractivity contribution is -0.159. The van der Waals surface area contributed by atoms with Gasteiger partial charge in [-0.15, -0.1) is 0 Å². The molecule has 0 saturated heterocycles. The highest BCUT2D eigenvalue weighted by Gasteiger charge is 2.27. The molecule has 0 aromatic heterocycles. The maximum absolute atomic E-state index is 12.5. The smallest absolute Gasteiger partial charge is 0.458 e. The van der Waals surface area contributed by atoms with Gasteiger partial charge in [0.2, 0.25) is 0 Å². The lowest BCUT2D eigenvalue weighted by Gasteiger charge is -2.20. The molecule has 0 saturated carbocycles. The van der Waals surface area contributed by atoms with Crippen LogP contribution >= 0.6 is 7.82 Å². The molecule has 0 bridgehead atoms. The Morgan fingerprint density at radius 1 is 0.653 bits per heavy atom. The summed E-state index contributed by atoms with van der Waals surface area (Å²) in [5.41, 5.74) is 0. The Bertz CT molecular complexity index is 879. The van der Waals surface area contributed by atoms with Crippen molar-refractivity contribution in [2.75, 3.05) is 26.4 Å². The predicted molar refractivity (Wildman–Crippen MR) is 196 cm³/mol. The molecule has 0 fully saturated rings. The summed E-state index contributed by atoms with van der Waals surface area (Å²) in [4.78, 5) is 34.6. The summed E-state index contributed by atoms with van der Waals surface area (Å²) in [5.74, 6) is -1.17. The van der Waals surface area contributed by atoms with Crippen molar-refractivity contribution in [1.82, 2.24) is 0 Å². The number of allylic oxidation sites excluding steroid dienone is 3. The molecule has 11 heteroatoms. The molecule has 49 heavy (non-hydrogen) atoms. The number of hydrogen-bond acceptors (Lipinski definition) is 9. The number of esters is 2. The largest absolute Gasteiger partial charge is 0.472 e. The van der Waals surface area contributed by atoms with E-state index in [2.05, 4.69) is 18.4 Å². The topological polar surface area (TPSA) is 149 Å². The molecule has 0 aliphatic carbocycles. The quantitative estimate of drug-likeness (QED) is 0.0188. The molecule has 3 atom stereocenters. The van der Waals surface area contributed by atoms with Crippen molar-refractivity contribution in [3.8, 4) is 0 Å². The van der Waals surface area contributed by atoms with Gasteiger partial charge in [0.25, 0.3) is 0 Å². The SMILES string of the molecule is CCCCCCCCCCCCC/C=C/C=C/C(=O)OC[C@H](COP(=O)(O)OC[C@@H](O)CO)OC(=O)CCCCCCCCCCCCC. The summed E-state index contributed by atoms with van der Waals surface area (Å²) in [5, 5.41) is 18.2.